The lowest BCUT2D eigenvalue weighted by Gasteiger charge is -2.07. The van der Waals surface area contributed by atoms with Crippen molar-refractivity contribution in [2.24, 2.45) is 5.92 Å². The molecular formula is C13H17ClN2O3S. The van der Waals surface area contributed by atoms with Crippen LogP contribution in [0.1, 0.15) is 25.8 Å². The minimum absolute atomic E-state index is 0.157. The summed E-state index contributed by atoms with van der Waals surface area (Å²) in [5, 5.41) is 1.55. The van der Waals surface area contributed by atoms with E-state index < -0.39 is 10.0 Å². The van der Waals surface area contributed by atoms with Crippen molar-refractivity contribution in [1.29, 1.82) is 0 Å². The molecule has 2 N–H and O–H groups in total. The van der Waals surface area contributed by atoms with Gasteiger partial charge in [0.15, 0.2) is 0 Å². The van der Waals surface area contributed by atoms with Crippen LogP contribution in [-0.4, -0.2) is 14.3 Å². The summed E-state index contributed by atoms with van der Waals surface area (Å²) in [5.41, 5.74) is 2.84. The Morgan fingerprint density at radius 3 is 2.45 bits per heavy atom. The molecule has 0 saturated heterocycles. The molecule has 0 aliphatic heterocycles. The maximum atomic E-state index is 11.6. The highest BCUT2D eigenvalue weighted by Crippen LogP contribution is 2.10. The largest absolute Gasteiger partial charge is 0.278 e. The van der Waals surface area contributed by atoms with Crippen LogP contribution < -0.4 is 10.3 Å². The van der Waals surface area contributed by atoms with Gasteiger partial charge in [0.1, 0.15) is 0 Å². The van der Waals surface area contributed by atoms with E-state index in [-0.39, 0.29) is 18.2 Å². The summed E-state index contributed by atoms with van der Waals surface area (Å²) in [6.45, 7) is 3.74. The van der Waals surface area contributed by atoms with Crippen LogP contribution in [-0.2, 0) is 14.8 Å². The zero-order chi connectivity index (χ0) is 15.2. The van der Waals surface area contributed by atoms with Crippen LogP contribution in [0.3, 0.4) is 0 Å². The van der Waals surface area contributed by atoms with Gasteiger partial charge in [-0.3, -0.25) is 10.2 Å². The molecular weight excluding hydrogens is 300 g/mol. The van der Waals surface area contributed by atoms with Crippen molar-refractivity contribution < 1.29 is 13.2 Å². The van der Waals surface area contributed by atoms with Gasteiger partial charge in [0.05, 0.1) is 0 Å². The molecule has 1 amide bonds. The van der Waals surface area contributed by atoms with Crippen LogP contribution in [0.15, 0.2) is 29.7 Å². The second-order valence-corrected chi connectivity index (χ2v) is 6.65. The third kappa shape index (κ3) is 6.70. The third-order valence-electron chi connectivity index (χ3n) is 2.24. The normalized spacial score (nSPS) is 12.0. The van der Waals surface area contributed by atoms with E-state index in [1.54, 1.807) is 24.3 Å². The number of benzene rings is 1. The first-order valence-corrected chi connectivity index (χ1v) is 7.95. The fraction of sp³-hybridized carbons (Fsp3) is 0.308. The summed E-state index contributed by atoms with van der Waals surface area (Å²) in [7, 11) is -3.72. The number of hydrogen-bond donors (Lipinski definition) is 2. The molecule has 0 aromatic heterocycles. The van der Waals surface area contributed by atoms with E-state index in [1.165, 1.54) is 6.08 Å². The van der Waals surface area contributed by atoms with Gasteiger partial charge in [0, 0.05) is 16.9 Å². The van der Waals surface area contributed by atoms with Crippen LogP contribution in [0.2, 0.25) is 5.02 Å². The molecule has 5 nitrogen and oxygen atoms in total. The lowest BCUT2D eigenvalue weighted by molar-refractivity contribution is -0.122. The SMILES string of the molecule is CC(C)CC(=O)NNS(=O)(=O)/C=C/c1ccc(Cl)cc1. The zero-order valence-corrected chi connectivity index (χ0v) is 12.8. The van der Waals surface area contributed by atoms with E-state index in [2.05, 4.69) is 5.43 Å². The lowest BCUT2D eigenvalue weighted by Crippen LogP contribution is -2.40. The Kier molecular flexibility index (Phi) is 6.19. The standard InChI is InChI=1S/C13H17ClN2O3S/c1-10(2)9-13(17)15-16-20(18,19)8-7-11-3-5-12(14)6-4-11/h3-8,10,16H,9H2,1-2H3,(H,15,17)/b8-7+. The highest BCUT2D eigenvalue weighted by Gasteiger charge is 2.09. The van der Waals surface area contributed by atoms with Crippen molar-refractivity contribution in [1.82, 2.24) is 10.3 Å². The van der Waals surface area contributed by atoms with Crippen LogP contribution >= 0.6 is 11.6 Å². The monoisotopic (exact) mass is 316 g/mol. The topological polar surface area (TPSA) is 75.3 Å². The van der Waals surface area contributed by atoms with Crippen molar-refractivity contribution in [3.63, 3.8) is 0 Å². The summed E-state index contributed by atoms with van der Waals surface area (Å²) in [6, 6.07) is 6.69. The third-order valence-corrected chi connectivity index (χ3v) is 3.37. The first-order valence-electron chi connectivity index (χ1n) is 6.03. The number of amides is 1. The van der Waals surface area contributed by atoms with Gasteiger partial charge >= 0.3 is 0 Å². The maximum Gasteiger partial charge on any atom is 0.250 e. The average molecular weight is 317 g/mol. The van der Waals surface area contributed by atoms with E-state index in [4.69, 9.17) is 11.6 Å². The Morgan fingerprint density at radius 2 is 1.90 bits per heavy atom. The predicted octanol–water partition coefficient (Wildman–Crippen LogP) is 2.31. The Bertz CT molecular complexity index is 580. The molecule has 0 fully saturated rings. The highest BCUT2D eigenvalue weighted by atomic mass is 35.5. The molecule has 1 rings (SSSR count). The van der Waals surface area contributed by atoms with Crippen molar-refractivity contribution in [3.8, 4) is 0 Å². The number of carbonyl (C=O) groups excluding carboxylic acids is 1. The predicted molar refractivity (Wildman–Crippen MR) is 80.1 cm³/mol. The highest BCUT2D eigenvalue weighted by molar-refractivity contribution is 7.92. The van der Waals surface area contributed by atoms with Gasteiger partial charge in [-0.25, -0.2) is 8.42 Å². The number of hydrogen-bond acceptors (Lipinski definition) is 3. The van der Waals surface area contributed by atoms with Crippen LogP contribution in [0.5, 0.6) is 0 Å². The van der Waals surface area contributed by atoms with Crippen molar-refractivity contribution in [3.05, 3.63) is 40.3 Å². The summed E-state index contributed by atoms with van der Waals surface area (Å²) in [5.74, 6) is -0.215. The second kappa shape index (κ2) is 7.42. The number of nitrogens with one attached hydrogen (secondary N) is 2. The summed E-state index contributed by atoms with van der Waals surface area (Å²) in [6.07, 6.45) is 1.66. The van der Waals surface area contributed by atoms with Crippen molar-refractivity contribution >= 4 is 33.6 Å². The molecule has 0 radical (unpaired) electrons. The van der Waals surface area contributed by atoms with Gasteiger partial charge in [-0.15, -0.1) is 4.83 Å². The summed E-state index contributed by atoms with van der Waals surface area (Å²) in [4.78, 5) is 13.3. The first-order chi connectivity index (χ1) is 9.28. The van der Waals surface area contributed by atoms with E-state index in [1.807, 2.05) is 18.7 Å². The van der Waals surface area contributed by atoms with E-state index >= 15 is 0 Å². The van der Waals surface area contributed by atoms with E-state index in [9.17, 15) is 13.2 Å². The molecule has 1 aromatic carbocycles. The van der Waals surface area contributed by atoms with Crippen LogP contribution in [0.4, 0.5) is 0 Å². The maximum absolute atomic E-state index is 11.6. The van der Waals surface area contributed by atoms with Gasteiger partial charge in [-0.05, 0) is 29.7 Å². The van der Waals surface area contributed by atoms with Crippen molar-refractivity contribution in [2.75, 3.05) is 0 Å². The molecule has 0 atom stereocenters. The number of hydrazine groups is 1. The Morgan fingerprint density at radius 1 is 1.30 bits per heavy atom. The number of sulfonamides is 1. The minimum atomic E-state index is -3.72. The lowest BCUT2D eigenvalue weighted by atomic mass is 10.1. The molecule has 0 unspecified atom stereocenters. The van der Waals surface area contributed by atoms with Crippen LogP contribution in [0, 0.1) is 5.92 Å². The van der Waals surface area contributed by atoms with Crippen molar-refractivity contribution in [2.45, 2.75) is 20.3 Å². The Labute approximate surface area is 124 Å². The molecule has 1 aromatic rings. The minimum Gasteiger partial charge on any atom is -0.278 e. The zero-order valence-electron chi connectivity index (χ0n) is 11.3. The average Bonchev–Trinajstić information content (AvgIpc) is 2.35. The molecule has 0 spiro atoms. The van der Waals surface area contributed by atoms with E-state index in [0.29, 0.717) is 10.6 Å². The number of halogens is 1. The first kappa shape index (κ1) is 16.7. The number of carbonyl (C=O) groups is 1. The van der Waals surface area contributed by atoms with Gasteiger partial charge in [-0.2, -0.15) is 0 Å². The quantitative estimate of drug-likeness (QED) is 0.791. The van der Waals surface area contributed by atoms with Gasteiger partial charge < -0.3 is 0 Å². The van der Waals surface area contributed by atoms with Gasteiger partial charge in [0.2, 0.25) is 5.91 Å². The molecule has 0 heterocycles. The fourth-order valence-corrected chi connectivity index (χ4v) is 2.11. The summed E-state index contributed by atoms with van der Waals surface area (Å²) < 4.78 is 23.2. The van der Waals surface area contributed by atoms with Gasteiger partial charge in [0.25, 0.3) is 10.0 Å². The molecule has 7 heteroatoms. The summed E-state index contributed by atoms with van der Waals surface area (Å²) >= 11 is 5.73. The van der Waals surface area contributed by atoms with Gasteiger partial charge in [-0.1, -0.05) is 37.6 Å². The molecule has 0 aliphatic carbocycles. The molecule has 20 heavy (non-hydrogen) atoms. The Balaban J connectivity index is 2.57. The molecule has 110 valence electrons. The Hall–Kier alpha value is -1.37. The second-order valence-electron chi connectivity index (χ2n) is 4.65. The molecule has 0 bridgehead atoms. The molecule has 0 saturated carbocycles. The van der Waals surface area contributed by atoms with E-state index in [0.717, 1.165) is 5.41 Å². The smallest absolute Gasteiger partial charge is 0.250 e. The fourth-order valence-electron chi connectivity index (χ4n) is 1.33. The molecule has 0 aliphatic rings. The number of rotatable bonds is 6. The van der Waals surface area contributed by atoms with Crippen LogP contribution in [0.25, 0.3) is 6.08 Å².